The second-order valence-corrected chi connectivity index (χ2v) is 5.19. The van der Waals surface area contributed by atoms with E-state index in [0.29, 0.717) is 26.6 Å². The highest BCUT2D eigenvalue weighted by molar-refractivity contribution is 6.40. The number of rotatable bonds is 2. The highest BCUT2D eigenvalue weighted by Gasteiger charge is 2.18. The lowest BCUT2D eigenvalue weighted by Gasteiger charge is -2.09. The third kappa shape index (κ3) is 2.50. The molecule has 1 aromatic carbocycles. The zero-order chi connectivity index (χ0) is 12.6. The summed E-state index contributed by atoms with van der Waals surface area (Å²) in [5, 5.41) is 12.0. The number of nitrogens with zero attached hydrogens (tertiary/aromatic N) is 4. The van der Waals surface area contributed by atoms with Crippen LogP contribution >= 0.6 is 46.4 Å². The summed E-state index contributed by atoms with van der Waals surface area (Å²) in [4.78, 5) is 0. The number of tetrazole rings is 1. The fraction of sp³-hybridized carbons (Fsp3) is 0.222. The zero-order valence-electron chi connectivity index (χ0n) is 8.53. The van der Waals surface area contributed by atoms with Crippen molar-refractivity contribution < 1.29 is 0 Å². The molecular weight excluding hydrogens is 306 g/mol. The molecule has 0 spiro atoms. The summed E-state index contributed by atoms with van der Waals surface area (Å²) < 4.78 is 1.40. The molecule has 90 valence electrons. The van der Waals surface area contributed by atoms with Crippen molar-refractivity contribution in [2.75, 3.05) is 0 Å². The molecule has 0 saturated heterocycles. The van der Waals surface area contributed by atoms with E-state index in [0.717, 1.165) is 0 Å². The van der Waals surface area contributed by atoms with Crippen molar-refractivity contribution >= 4 is 46.4 Å². The van der Waals surface area contributed by atoms with E-state index >= 15 is 0 Å². The van der Waals surface area contributed by atoms with E-state index in [2.05, 4.69) is 15.5 Å². The van der Waals surface area contributed by atoms with Crippen LogP contribution in [0.5, 0.6) is 0 Å². The fourth-order valence-corrected chi connectivity index (χ4v) is 2.45. The maximum absolute atomic E-state index is 6.07. The van der Waals surface area contributed by atoms with Crippen molar-refractivity contribution in [3.8, 4) is 5.69 Å². The Morgan fingerprint density at radius 1 is 1.18 bits per heavy atom. The van der Waals surface area contributed by atoms with Crippen molar-refractivity contribution in [1.82, 2.24) is 20.2 Å². The van der Waals surface area contributed by atoms with Crippen LogP contribution in [0.2, 0.25) is 15.1 Å². The number of aromatic nitrogens is 4. The van der Waals surface area contributed by atoms with Gasteiger partial charge in [0.15, 0.2) is 5.82 Å². The first-order chi connectivity index (χ1) is 8.00. The van der Waals surface area contributed by atoms with Crippen LogP contribution in [0.3, 0.4) is 0 Å². The minimum Gasteiger partial charge on any atom is -0.193 e. The second-order valence-electron chi connectivity index (χ2n) is 3.28. The highest BCUT2D eigenvalue weighted by Crippen LogP contribution is 2.33. The van der Waals surface area contributed by atoms with E-state index in [1.807, 2.05) is 0 Å². The van der Waals surface area contributed by atoms with E-state index in [4.69, 9.17) is 46.4 Å². The Balaban J connectivity index is 2.64. The smallest absolute Gasteiger partial charge is 0.174 e. The molecule has 0 saturated carbocycles. The number of hydrogen-bond acceptors (Lipinski definition) is 3. The first kappa shape index (κ1) is 12.9. The summed E-state index contributed by atoms with van der Waals surface area (Å²) in [5.74, 6) is 0.456. The molecule has 1 aromatic heterocycles. The molecule has 2 rings (SSSR count). The quantitative estimate of drug-likeness (QED) is 0.789. The molecule has 8 heteroatoms. The highest BCUT2D eigenvalue weighted by atomic mass is 35.5. The number of halogens is 4. The van der Waals surface area contributed by atoms with Crippen LogP contribution in [0, 0.1) is 0 Å². The summed E-state index contributed by atoms with van der Waals surface area (Å²) in [7, 11) is 0. The Labute approximate surface area is 117 Å². The number of benzene rings is 1. The van der Waals surface area contributed by atoms with Crippen LogP contribution in [0.1, 0.15) is 18.1 Å². The molecule has 0 radical (unpaired) electrons. The van der Waals surface area contributed by atoms with Gasteiger partial charge < -0.3 is 0 Å². The maximum atomic E-state index is 6.07. The van der Waals surface area contributed by atoms with Gasteiger partial charge in [-0.25, -0.2) is 0 Å². The molecule has 0 aliphatic heterocycles. The molecule has 0 amide bonds. The van der Waals surface area contributed by atoms with Crippen LogP contribution in [0.15, 0.2) is 12.1 Å². The van der Waals surface area contributed by atoms with Crippen molar-refractivity contribution in [1.29, 1.82) is 0 Å². The predicted octanol–water partition coefficient (Wildman–Crippen LogP) is 3.92. The van der Waals surface area contributed by atoms with Crippen molar-refractivity contribution in [2.24, 2.45) is 0 Å². The van der Waals surface area contributed by atoms with Gasteiger partial charge in [0.25, 0.3) is 0 Å². The first-order valence-corrected chi connectivity index (χ1v) is 6.15. The second kappa shape index (κ2) is 4.98. The standard InChI is InChI=1S/C9H6Cl4N4/c1-4(10)9-14-15-16-17(9)8-6(12)2-5(11)3-7(8)13/h2-4H,1H3. The minimum absolute atomic E-state index is 0.355. The van der Waals surface area contributed by atoms with Gasteiger partial charge in [-0.1, -0.05) is 34.8 Å². The Bertz CT molecular complexity index is 529. The average molecular weight is 312 g/mol. The molecule has 0 N–H and O–H groups in total. The first-order valence-electron chi connectivity index (χ1n) is 4.58. The molecule has 1 heterocycles. The van der Waals surface area contributed by atoms with E-state index in [9.17, 15) is 0 Å². The van der Waals surface area contributed by atoms with Gasteiger partial charge in [0, 0.05) is 5.02 Å². The van der Waals surface area contributed by atoms with Crippen LogP contribution in [-0.2, 0) is 0 Å². The number of alkyl halides is 1. The number of hydrogen-bond donors (Lipinski definition) is 0. The van der Waals surface area contributed by atoms with E-state index in [-0.39, 0.29) is 5.38 Å². The van der Waals surface area contributed by atoms with E-state index in [1.54, 1.807) is 19.1 Å². The topological polar surface area (TPSA) is 43.6 Å². The molecule has 0 aliphatic rings. The van der Waals surface area contributed by atoms with Gasteiger partial charge in [-0.3, -0.25) is 0 Å². The van der Waals surface area contributed by atoms with Crippen LogP contribution in [0.25, 0.3) is 5.69 Å². The molecule has 17 heavy (non-hydrogen) atoms. The molecular formula is C9H6Cl4N4. The summed E-state index contributed by atoms with van der Waals surface area (Å²) in [6, 6.07) is 3.13. The largest absolute Gasteiger partial charge is 0.193 e. The Kier molecular flexibility index (Phi) is 3.78. The fourth-order valence-electron chi connectivity index (χ4n) is 1.34. The van der Waals surface area contributed by atoms with Crippen LogP contribution < -0.4 is 0 Å². The van der Waals surface area contributed by atoms with Gasteiger partial charge >= 0.3 is 0 Å². The van der Waals surface area contributed by atoms with E-state index < -0.39 is 0 Å². The summed E-state index contributed by atoms with van der Waals surface area (Å²) in [6.45, 7) is 1.75. The molecule has 0 fully saturated rings. The Morgan fingerprint density at radius 2 is 1.76 bits per heavy atom. The van der Waals surface area contributed by atoms with Gasteiger partial charge in [0.1, 0.15) is 5.69 Å². The van der Waals surface area contributed by atoms with Gasteiger partial charge in [-0.2, -0.15) is 4.68 Å². The minimum atomic E-state index is -0.368. The lowest BCUT2D eigenvalue weighted by molar-refractivity contribution is 0.761. The summed E-state index contributed by atoms with van der Waals surface area (Å²) in [6.07, 6.45) is 0. The lowest BCUT2D eigenvalue weighted by atomic mass is 10.3. The zero-order valence-corrected chi connectivity index (χ0v) is 11.6. The van der Waals surface area contributed by atoms with Gasteiger partial charge in [0.05, 0.1) is 15.4 Å². The third-order valence-corrected chi connectivity index (χ3v) is 3.03. The van der Waals surface area contributed by atoms with Gasteiger partial charge in [-0.15, -0.1) is 16.7 Å². The van der Waals surface area contributed by atoms with Gasteiger partial charge in [-0.05, 0) is 29.5 Å². The molecule has 1 unspecified atom stereocenters. The maximum Gasteiger partial charge on any atom is 0.174 e. The Hall–Kier alpha value is -0.550. The van der Waals surface area contributed by atoms with Crippen molar-refractivity contribution in [2.45, 2.75) is 12.3 Å². The SMILES string of the molecule is CC(Cl)c1nnnn1-c1c(Cl)cc(Cl)cc1Cl. The third-order valence-electron chi connectivity index (χ3n) is 2.04. The van der Waals surface area contributed by atoms with E-state index in [1.165, 1.54) is 4.68 Å². The van der Waals surface area contributed by atoms with Crippen molar-refractivity contribution in [3.63, 3.8) is 0 Å². The predicted molar refractivity (Wildman–Crippen MR) is 68.5 cm³/mol. The van der Waals surface area contributed by atoms with Crippen LogP contribution in [-0.4, -0.2) is 20.2 Å². The average Bonchev–Trinajstić information content (AvgIpc) is 2.64. The summed E-state index contributed by atoms with van der Waals surface area (Å²) in [5.41, 5.74) is 0.463. The monoisotopic (exact) mass is 310 g/mol. The lowest BCUT2D eigenvalue weighted by Crippen LogP contribution is -2.05. The summed E-state index contributed by atoms with van der Waals surface area (Å²) >= 11 is 23.9. The Morgan fingerprint density at radius 3 is 2.29 bits per heavy atom. The molecule has 4 nitrogen and oxygen atoms in total. The molecule has 0 aliphatic carbocycles. The van der Waals surface area contributed by atoms with Crippen LogP contribution in [0.4, 0.5) is 0 Å². The van der Waals surface area contributed by atoms with Gasteiger partial charge in [0.2, 0.25) is 0 Å². The normalized spacial score (nSPS) is 12.8. The molecule has 2 aromatic rings. The molecule has 0 bridgehead atoms. The van der Waals surface area contributed by atoms with Crippen molar-refractivity contribution in [3.05, 3.63) is 33.0 Å². The molecule has 1 atom stereocenters.